The van der Waals surface area contributed by atoms with E-state index < -0.39 is 62.7 Å². The van der Waals surface area contributed by atoms with Crippen molar-refractivity contribution in [2.45, 2.75) is 61.0 Å². The van der Waals surface area contributed by atoms with E-state index in [0.29, 0.717) is 24.3 Å². The average Bonchev–Trinajstić information content (AvgIpc) is 3.62. The van der Waals surface area contributed by atoms with Crippen LogP contribution >= 0.6 is 11.6 Å². The van der Waals surface area contributed by atoms with Crippen LogP contribution in [0.25, 0.3) is 5.70 Å². The zero-order valence-corrected chi connectivity index (χ0v) is 22.0. The molecule has 2 fully saturated rings. The first-order valence-electron chi connectivity index (χ1n) is 12.2. The standard InChI is InChI=1S/C25H25ClF5N5O2S/c1-39(38,17-4-2-16(26)3-5-17)36-20(9-21(28)24(36)6-7-24)22(37)33-10-14-8-19(32-13-18(14)27)15-11-34-23(35-12-15)25(29,30)31/h2-4,8,11-14,17-18,20-21H,1,5-7,9-10H2,(H,33,37)/t14?,17?,18?,20-,21+,39?/m0/s1. The van der Waals surface area contributed by atoms with E-state index in [2.05, 4.69) is 26.1 Å². The molecular weight excluding hydrogens is 565 g/mol. The van der Waals surface area contributed by atoms with Gasteiger partial charge in [-0.3, -0.25) is 14.0 Å². The van der Waals surface area contributed by atoms with Crippen LogP contribution in [-0.2, 0) is 20.7 Å². The van der Waals surface area contributed by atoms with Crippen LogP contribution in [-0.4, -0.2) is 72.2 Å². The number of hydrogen-bond donors (Lipinski definition) is 1. The van der Waals surface area contributed by atoms with Gasteiger partial charge in [-0.05, 0) is 37.3 Å². The molecular formula is C25H25ClF5N5O2S. The van der Waals surface area contributed by atoms with Crippen molar-refractivity contribution in [1.82, 2.24) is 19.6 Å². The number of hydrogen-bond acceptors (Lipinski definition) is 5. The smallest absolute Gasteiger partial charge is 0.354 e. The molecule has 2 aliphatic heterocycles. The number of aliphatic imine (C=N–C) groups is 1. The van der Waals surface area contributed by atoms with Crippen molar-refractivity contribution in [3.05, 3.63) is 53.1 Å². The highest BCUT2D eigenvalue weighted by Crippen LogP contribution is 2.55. The van der Waals surface area contributed by atoms with E-state index in [-0.39, 0.29) is 24.2 Å². The van der Waals surface area contributed by atoms with E-state index in [1.54, 1.807) is 18.2 Å². The lowest BCUT2D eigenvalue weighted by Crippen LogP contribution is -2.53. The maximum absolute atomic E-state index is 15.2. The summed E-state index contributed by atoms with van der Waals surface area (Å²) in [5.41, 5.74) is -0.723. The summed E-state index contributed by atoms with van der Waals surface area (Å²) in [5, 5.41) is 2.58. The summed E-state index contributed by atoms with van der Waals surface area (Å²) >= 11 is 5.99. The Bertz CT molecular complexity index is 1370. The van der Waals surface area contributed by atoms with Crippen LogP contribution in [0.1, 0.15) is 37.1 Å². The van der Waals surface area contributed by atoms with Crippen molar-refractivity contribution >= 4 is 45.0 Å². The van der Waals surface area contributed by atoms with Gasteiger partial charge in [-0.2, -0.15) is 13.2 Å². The Morgan fingerprint density at radius 2 is 1.95 bits per heavy atom. The lowest BCUT2D eigenvalue weighted by molar-refractivity contribution is -0.145. The van der Waals surface area contributed by atoms with E-state index in [4.69, 9.17) is 11.6 Å². The zero-order valence-electron chi connectivity index (χ0n) is 20.5. The minimum Gasteiger partial charge on any atom is -0.354 e. The molecule has 0 radical (unpaired) electrons. The molecule has 4 aliphatic rings. The number of carbonyl (C=O) groups excluding carboxylic acids is 1. The van der Waals surface area contributed by atoms with Gasteiger partial charge in [-0.15, -0.1) is 0 Å². The van der Waals surface area contributed by atoms with Crippen molar-refractivity contribution in [3.8, 4) is 0 Å². The summed E-state index contributed by atoms with van der Waals surface area (Å²) in [7, 11) is -3.13. The molecule has 1 saturated carbocycles. The molecule has 210 valence electrons. The van der Waals surface area contributed by atoms with E-state index in [9.17, 15) is 26.6 Å². The molecule has 6 atom stereocenters. The number of carbonyl (C=O) groups is 1. The molecule has 1 aromatic heterocycles. The number of nitrogens with zero attached hydrogens (tertiary/aromatic N) is 4. The topological polar surface area (TPSA) is 87.5 Å². The molecule has 3 heterocycles. The normalized spacial score (nSPS) is 31.5. The quantitative estimate of drug-likeness (QED) is 0.401. The first-order chi connectivity index (χ1) is 18.3. The Morgan fingerprint density at radius 3 is 2.54 bits per heavy atom. The van der Waals surface area contributed by atoms with Crippen molar-refractivity contribution in [2.24, 2.45) is 10.9 Å². The molecule has 4 unspecified atom stereocenters. The summed E-state index contributed by atoms with van der Waals surface area (Å²) < 4.78 is 83.5. The summed E-state index contributed by atoms with van der Waals surface area (Å²) in [5.74, 6) is 1.12. The highest BCUT2D eigenvalue weighted by atomic mass is 35.5. The molecule has 5 rings (SSSR count). The van der Waals surface area contributed by atoms with Gasteiger partial charge >= 0.3 is 6.18 Å². The van der Waals surface area contributed by atoms with Gasteiger partial charge < -0.3 is 5.32 Å². The Balaban J connectivity index is 1.31. The molecule has 1 saturated heterocycles. The van der Waals surface area contributed by atoms with Crippen LogP contribution in [0.2, 0.25) is 0 Å². The number of alkyl halides is 5. The van der Waals surface area contributed by atoms with E-state index >= 15 is 4.39 Å². The van der Waals surface area contributed by atoms with Crippen LogP contribution in [0, 0.1) is 5.92 Å². The summed E-state index contributed by atoms with van der Waals surface area (Å²) in [6, 6.07) is -1.07. The number of aromatic nitrogens is 2. The molecule has 1 spiro atoms. The monoisotopic (exact) mass is 589 g/mol. The minimum absolute atomic E-state index is 0.145. The first kappa shape index (κ1) is 27.9. The van der Waals surface area contributed by atoms with Gasteiger partial charge in [0.1, 0.15) is 18.4 Å². The highest BCUT2D eigenvalue weighted by Gasteiger charge is 2.66. The van der Waals surface area contributed by atoms with Crippen LogP contribution in [0.5, 0.6) is 0 Å². The highest BCUT2D eigenvalue weighted by molar-refractivity contribution is 7.99. The van der Waals surface area contributed by atoms with E-state index in [1.165, 1.54) is 10.4 Å². The molecule has 7 nitrogen and oxygen atoms in total. The maximum Gasteiger partial charge on any atom is 0.451 e. The van der Waals surface area contributed by atoms with Crippen molar-refractivity contribution in [2.75, 3.05) is 6.54 Å². The van der Waals surface area contributed by atoms with Gasteiger partial charge in [-0.25, -0.2) is 23.1 Å². The van der Waals surface area contributed by atoms with Crippen LogP contribution in [0.15, 0.2) is 46.7 Å². The van der Waals surface area contributed by atoms with Crippen LogP contribution in [0.3, 0.4) is 0 Å². The van der Waals surface area contributed by atoms with Crippen molar-refractivity contribution < 1.29 is 31.0 Å². The second kappa shape index (κ2) is 10.1. The predicted molar refractivity (Wildman–Crippen MR) is 139 cm³/mol. The summed E-state index contributed by atoms with van der Waals surface area (Å²) in [6.45, 7) is -0.203. The van der Waals surface area contributed by atoms with Gasteiger partial charge in [0.15, 0.2) is 0 Å². The third-order valence-electron chi connectivity index (χ3n) is 7.47. The Hall–Kier alpha value is -2.64. The van der Waals surface area contributed by atoms with Gasteiger partial charge in [0.25, 0.3) is 0 Å². The summed E-state index contributed by atoms with van der Waals surface area (Å²) in [6.07, 6.45) is 2.61. The second-order valence-electron chi connectivity index (χ2n) is 10.0. The fourth-order valence-electron chi connectivity index (χ4n) is 5.24. The van der Waals surface area contributed by atoms with E-state index in [1.807, 2.05) is 0 Å². The maximum atomic E-state index is 15.2. The fourth-order valence-corrected chi connectivity index (χ4v) is 7.94. The lowest BCUT2D eigenvalue weighted by Gasteiger charge is -2.36. The second-order valence-corrected chi connectivity index (χ2v) is 12.9. The Morgan fingerprint density at radius 1 is 1.26 bits per heavy atom. The summed E-state index contributed by atoms with van der Waals surface area (Å²) in [4.78, 5) is 23.8. The number of amides is 1. The van der Waals surface area contributed by atoms with Gasteiger partial charge in [0.2, 0.25) is 11.7 Å². The number of rotatable bonds is 6. The first-order valence-corrected chi connectivity index (χ1v) is 14.4. The SMILES string of the molecule is C=S(=O)(C1C=CC(Cl)=CC1)N1[C@H](C(=O)NCC2C=C(c3cnc(C(F)(F)F)nc3)N=CC2F)C[C@@H](F)C12CC2. The zero-order chi connectivity index (χ0) is 28.2. The molecule has 1 N–H and O–H groups in total. The fraction of sp³-hybridized carbons (Fsp3) is 0.480. The van der Waals surface area contributed by atoms with Gasteiger partial charge in [0, 0.05) is 57.8 Å². The van der Waals surface area contributed by atoms with E-state index in [0.717, 1.165) is 18.6 Å². The Labute approximate surface area is 227 Å². The number of allylic oxidation sites excluding steroid dienone is 3. The van der Waals surface area contributed by atoms with Crippen molar-refractivity contribution in [3.63, 3.8) is 0 Å². The number of halogens is 6. The predicted octanol–water partition coefficient (Wildman–Crippen LogP) is 4.02. The third kappa shape index (κ3) is 5.28. The van der Waals surface area contributed by atoms with Crippen molar-refractivity contribution in [1.29, 1.82) is 0 Å². The molecule has 1 amide bonds. The largest absolute Gasteiger partial charge is 0.451 e. The molecule has 14 heteroatoms. The van der Waals surface area contributed by atoms with Crippen LogP contribution in [0.4, 0.5) is 22.0 Å². The molecule has 2 aliphatic carbocycles. The Kier molecular flexibility index (Phi) is 7.21. The van der Waals surface area contributed by atoms with Crippen LogP contribution < -0.4 is 5.32 Å². The van der Waals surface area contributed by atoms with Gasteiger partial charge in [0.05, 0.1) is 16.5 Å². The number of nitrogens with one attached hydrogen (secondary N) is 1. The molecule has 0 aromatic carbocycles. The lowest BCUT2D eigenvalue weighted by atomic mass is 9.98. The average molecular weight is 590 g/mol. The minimum atomic E-state index is -4.71. The van der Waals surface area contributed by atoms with Gasteiger partial charge in [-0.1, -0.05) is 23.8 Å². The molecule has 0 bridgehead atoms. The molecule has 1 aromatic rings. The third-order valence-corrected chi connectivity index (χ3v) is 10.3. The molecule has 39 heavy (non-hydrogen) atoms.